The molecular weight excluding hydrogens is 308 g/mol. The molecule has 25 heavy (non-hydrogen) atoms. The molecule has 3 aromatic rings. The Morgan fingerprint density at radius 2 is 1.24 bits per heavy atom. The molecule has 0 unspecified atom stereocenters. The Bertz CT molecular complexity index is 904. The number of hydrogen-bond donors (Lipinski definition) is 0. The molecule has 0 aliphatic carbocycles. The molecule has 0 fully saturated rings. The Hall–Kier alpha value is -2.87. The molecule has 0 saturated carbocycles. The van der Waals surface area contributed by atoms with E-state index in [0.29, 0.717) is 11.3 Å². The van der Waals surface area contributed by atoms with E-state index in [9.17, 15) is 4.79 Å². The molecule has 0 aliphatic heterocycles. The number of aryl methyl sites for hydroxylation is 2. The number of hydrogen-bond acceptors (Lipinski definition) is 2. The molecule has 0 aromatic heterocycles. The van der Waals surface area contributed by atoms with Crippen LogP contribution in [-0.4, -0.2) is 5.97 Å². The van der Waals surface area contributed by atoms with Gasteiger partial charge >= 0.3 is 5.97 Å². The van der Waals surface area contributed by atoms with E-state index in [4.69, 9.17) is 4.74 Å². The summed E-state index contributed by atoms with van der Waals surface area (Å²) < 4.78 is 5.59. The van der Waals surface area contributed by atoms with Gasteiger partial charge in [0.1, 0.15) is 5.75 Å². The lowest BCUT2D eigenvalue weighted by molar-refractivity contribution is 0.0733. The molecule has 126 valence electrons. The summed E-state index contributed by atoms with van der Waals surface area (Å²) in [7, 11) is 0. The molecule has 2 nitrogen and oxygen atoms in total. The zero-order chi connectivity index (χ0) is 18.0. The van der Waals surface area contributed by atoms with Crippen LogP contribution in [0.4, 0.5) is 0 Å². The molecule has 0 atom stereocenters. The first-order valence-corrected chi connectivity index (χ1v) is 8.42. The van der Waals surface area contributed by atoms with Crippen LogP contribution in [-0.2, 0) is 0 Å². The van der Waals surface area contributed by atoms with Crippen molar-refractivity contribution in [1.29, 1.82) is 0 Å². The van der Waals surface area contributed by atoms with E-state index < -0.39 is 0 Å². The van der Waals surface area contributed by atoms with E-state index in [2.05, 4.69) is 38.1 Å². The van der Waals surface area contributed by atoms with Gasteiger partial charge in [-0.05, 0) is 73.7 Å². The molecule has 0 N–H and O–H groups in total. The van der Waals surface area contributed by atoms with Crippen molar-refractivity contribution in [3.8, 4) is 16.9 Å². The average Bonchev–Trinajstić information content (AvgIpc) is 2.63. The predicted octanol–water partition coefficient (Wildman–Crippen LogP) is 5.81. The van der Waals surface area contributed by atoms with Gasteiger partial charge in [-0.3, -0.25) is 0 Å². The van der Waals surface area contributed by atoms with Crippen molar-refractivity contribution in [1.82, 2.24) is 0 Å². The van der Waals surface area contributed by atoms with E-state index in [0.717, 1.165) is 22.3 Å². The van der Waals surface area contributed by atoms with Gasteiger partial charge in [-0.2, -0.15) is 0 Å². The van der Waals surface area contributed by atoms with Gasteiger partial charge in [0.05, 0.1) is 5.56 Å². The lowest BCUT2D eigenvalue weighted by Gasteiger charge is -2.11. The highest BCUT2D eigenvalue weighted by Gasteiger charge is 2.12. The Morgan fingerprint density at radius 3 is 1.84 bits per heavy atom. The summed E-state index contributed by atoms with van der Waals surface area (Å²) in [5, 5.41) is 0. The third-order valence-electron chi connectivity index (χ3n) is 4.72. The van der Waals surface area contributed by atoms with Crippen molar-refractivity contribution in [3.63, 3.8) is 0 Å². The number of benzene rings is 3. The first kappa shape index (κ1) is 17.0. The van der Waals surface area contributed by atoms with Crippen molar-refractivity contribution in [3.05, 3.63) is 88.5 Å². The lowest BCUT2D eigenvalue weighted by Crippen LogP contribution is -2.09. The topological polar surface area (TPSA) is 26.3 Å². The Labute approximate surface area is 149 Å². The molecule has 3 aromatic carbocycles. The van der Waals surface area contributed by atoms with Crippen LogP contribution >= 0.6 is 0 Å². The summed E-state index contributed by atoms with van der Waals surface area (Å²) in [6.07, 6.45) is 0. The third-order valence-corrected chi connectivity index (χ3v) is 4.72. The van der Waals surface area contributed by atoms with Crippen LogP contribution in [0.1, 0.15) is 32.6 Å². The van der Waals surface area contributed by atoms with E-state index in [1.54, 1.807) is 0 Å². The lowest BCUT2D eigenvalue weighted by atomic mass is 10.0. The van der Waals surface area contributed by atoms with Crippen LogP contribution < -0.4 is 4.74 Å². The summed E-state index contributed by atoms with van der Waals surface area (Å²) in [6.45, 7) is 8.14. The highest BCUT2D eigenvalue weighted by Crippen LogP contribution is 2.25. The SMILES string of the molecule is Cc1ccc(-c2ccc(C(=O)Oc3ccc(C)c(C)c3C)cc2)cc1. The van der Waals surface area contributed by atoms with Crippen molar-refractivity contribution < 1.29 is 9.53 Å². The first-order valence-electron chi connectivity index (χ1n) is 8.42. The maximum absolute atomic E-state index is 12.4. The maximum Gasteiger partial charge on any atom is 0.343 e. The fraction of sp³-hybridized carbons (Fsp3) is 0.174. The van der Waals surface area contributed by atoms with Crippen LogP contribution in [0.5, 0.6) is 5.75 Å². The quantitative estimate of drug-likeness (QED) is 0.448. The van der Waals surface area contributed by atoms with Crippen molar-refractivity contribution >= 4 is 5.97 Å². The highest BCUT2D eigenvalue weighted by atomic mass is 16.5. The average molecular weight is 330 g/mol. The largest absolute Gasteiger partial charge is 0.423 e. The molecular formula is C23H22O2. The van der Waals surface area contributed by atoms with E-state index in [1.165, 1.54) is 11.1 Å². The summed E-state index contributed by atoms with van der Waals surface area (Å²) in [6, 6.07) is 19.7. The van der Waals surface area contributed by atoms with Crippen LogP contribution in [0.15, 0.2) is 60.7 Å². The van der Waals surface area contributed by atoms with Crippen LogP contribution in [0, 0.1) is 27.7 Å². The molecule has 0 radical (unpaired) electrons. The van der Waals surface area contributed by atoms with Gasteiger partial charge < -0.3 is 4.74 Å². The predicted molar refractivity (Wildman–Crippen MR) is 102 cm³/mol. The minimum Gasteiger partial charge on any atom is -0.423 e. The Balaban J connectivity index is 1.79. The molecule has 0 bridgehead atoms. The minimum absolute atomic E-state index is 0.332. The normalized spacial score (nSPS) is 10.6. The zero-order valence-electron chi connectivity index (χ0n) is 15.1. The monoisotopic (exact) mass is 330 g/mol. The van der Waals surface area contributed by atoms with Crippen LogP contribution in [0.25, 0.3) is 11.1 Å². The van der Waals surface area contributed by atoms with Crippen LogP contribution in [0.2, 0.25) is 0 Å². The molecule has 0 aliphatic rings. The van der Waals surface area contributed by atoms with E-state index >= 15 is 0 Å². The highest BCUT2D eigenvalue weighted by molar-refractivity contribution is 5.91. The minimum atomic E-state index is -0.332. The molecule has 2 heteroatoms. The van der Waals surface area contributed by atoms with Crippen LogP contribution in [0.3, 0.4) is 0 Å². The summed E-state index contributed by atoms with van der Waals surface area (Å²) in [5.74, 6) is 0.289. The Morgan fingerprint density at radius 1 is 0.680 bits per heavy atom. The fourth-order valence-corrected chi connectivity index (χ4v) is 2.75. The second-order valence-electron chi connectivity index (χ2n) is 6.46. The maximum atomic E-state index is 12.4. The fourth-order valence-electron chi connectivity index (χ4n) is 2.75. The van der Waals surface area contributed by atoms with Crippen molar-refractivity contribution in [2.45, 2.75) is 27.7 Å². The molecule has 3 rings (SSSR count). The van der Waals surface area contributed by atoms with Gasteiger partial charge in [-0.25, -0.2) is 4.79 Å². The number of carbonyl (C=O) groups is 1. The summed E-state index contributed by atoms with van der Waals surface area (Å²) in [5.41, 5.74) is 7.35. The standard InChI is InChI=1S/C23H22O2/c1-15-5-8-19(9-6-15)20-10-12-21(13-11-20)23(24)25-22-14-7-16(2)17(3)18(22)4/h5-14H,1-4H3. The number of esters is 1. The van der Waals surface area contributed by atoms with Gasteiger partial charge in [-0.1, -0.05) is 48.0 Å². The van der Waals surface area contributed by atoms with E-state index in [-0.39, 0.29) is 5.97 Å². The summed E-state index contributed by atoms with van der Waals surface area (Å²) in [4.78, 5) is 12.4. The molecule has 0 heterocycles. The van der Waals surface area contributed by atoms with Crippen molar-refractivity contribution in [2.75, 3.05) is 0 Å². The van der Waals surface area contributed by atoms with Gasteiger partial charge in [0.25, 0.3) is 0 Å². The molecule has 0 saturated heterocycles. The van der Waals surface area contributed by atoms with Gasteiger partial charge in [-0.15, -0.1) is 0 Å². The summed E-state index contributed by atoms with van der Waals surface area (Å²) >= 11 is 0. The second kappa shape index (κ2) is 6.94. The van der Waals surface area contributed by atoms with E-state index in [1.807, 2.05) is 50.2 Å². The second-order valence-corrected chi connectivity index (χ2v) is 6.46. The number of carbonyl (C=O) groups excluding carboxylic acids is 1. The smallest absolute Gasteiger partial charge is 0.343 e. The molecule has 0 amide bonds. The zero-order valence-corrected chi connectivity index (χ0v) is 15.1. The first-order chi connectivity index (χ1) is 12.0. The van der Waals surface area contributed by atoms with Gasteiger partial charge in [0.15, 0.2) is 0 Å². The number of ether oxygens (including phenoxy) is 1. The molecule has 0 spiro atoms. The van der Waals surface area contributed by atoms with Gasteiger partial charge in [0.2, 0.25) is 0 Å². The third kappa shape index (κ3) is 3.63. The number of rotatable bonds is 3. The Kier molecular flexibility index (Phi) is 4.71. The van der Waals surface area contributed by atoms with Gasteiger partial charge in [0, 0.05) is 0 Å². The van der Waals surface area contributed by atoms with Crippen molar-refractivity contribution in [2.24, 2.45) is 0 Å².